The first kappa shape index (κ1) is 12.6. The molecule has 1 fully saturated rings. The summed E-state index contributed by atoms with van der Waals surface area (Å²) in [7, 11) is -3.98. The molecule has 1 rings (SSSR count). The number of carbonyl (C=O) groups excluding carboxylic acids is 1. The van der Waals surface area contributed by atoms with Gasteiger partial charge in [-0.2, -0.15) is 8.42 Å². The summed E-state index contributed by atoms with van der Waals surface area (Å²) < 4.78 is 29.7. The largest absolute Gasteiger partial charge is 0.300 e. The average molecular weight is 201 g/mol. The van der Waals surface area contributed by atoms with Crippen molar-refractivity contribution in [1.29, 1.82) is 0 Å². The molecule has 0 spiro atoms. The Morgan fingerprint density at radius 1 is 1.42 bits per heavy atom. The maximum Gasteiger partial charge on any atom is 0.268 e. The van der Waals surface area contributed by atoms with Gasteiger partial charge in [0.05, 0.1) is 5.25 Å². The molecular formula is C6H10NaO4S. The number of ketones is 1. The van der Waals surface area contributed by atoms with Gasteiger partial charge in [-0.05, 0) is 12.8 Å². The molecule has 0 bridgehead atoms. The van der Waals surface area contributed by atoms with Crippen LogP contribution in [0.3, 0.4) is 0 Å². The number of hydrogen-bond donors (Lipinski definition) is 1. The van der Waals surface area contributed by atoms with Gasteiger partial charge in [0, 0.05) is 42.4 Å². The third kappa shape index (κ3) is 3.53. The van der Waals surface area contributed by atoms with Crippen LogP contribution in [0.5, 0.6) is 0 Å². The van der Waals surface area contributed by atoms with Gasteiger partial charge in [0.15, 0.2) is 0 Å². The predicted molar refractivity (Wildman–Crippen MR) is 44.6 cm³/mol. The van der Waals surface area contributed by atoms with Crippen LogP contribution in [0, 0.1) is 0 Å². The van der Waals surface area contributed by atoms with E-state index in [2.05, 4.69) is 0 Å². The van der Waals surface area contributed by atoms with Gasteiger partial charge in [-0.3, -0.25) is 9.35 Å². The van der Waals surface area contributed by atoms with E-state index in [4.69, 9.17) is 4.55 Å². The van der Waals surface area contributed by atoms with Crippen molar-refractivity contribution < 1.29 is 17.8 Å². The Balaban J connectivity index is 0.00000121. The first-order valence-corrected chi connectivity index (χ1v) is 4.98. The fourth-order valence-electron chi connectivity index (χ4n) is 1.24. The van der Waals surface area contributed by atoms with E-state index in [-0.39, 0.29) is 41.8 Å². The van der Waals surface area contributed by atoms with Crippen LogP contribution in [0.25, 0.3) is 0 Å². The molecule has 1 unspecified atom stereocenters. The normalized spacial score (nSPS) is 24.8. The number of Topliss-reactive ketones (excluding diaryl/α,β-unsaturated/α-hetero) is 1. The summed E-state index contributed by atoms with van der Waals surface area (Å²) in [5.41, 5.74) is 0. The van der Waals surface area contributed by atoms with Gasteiger partial charge in [-0.1, -0.05) is 0 Å². The van der Waals surface area contributed by atoms with Crippen LogP contribution in [0.1, 0.15) is 25.7 Å². The average Bonchev–Trinajstić information content (AvgIpc) is 1.86. The van der Waals surface area contributed by atoms with E-state index in [1.165, 1.54) is 0 Å². The van der Waals surface area contributed by atoms with Crippen LogP contribution in [0.15, 0.2) is 0 Å². The van der Waals surface area contributed by atoms with Crippen molar-refractivity contribution in [2.24, 2.45) is 0 Å². The molecule has 0 aliphatic heterocycles. The molecule has 1 aliphatic carbocycles. The number of carbonyl (C=O) groups is 1. The second kappa shape index (κ2) is 4.72. The van der Waals surface area contributed by atoms with Crippen molar-refractivity contribution in [3.05, 3.63) is 0 Å². The zero-order valence-electron chi connectivity index (χ0n) is 6.99. The third-order valence-electron chi connectivity index (χ3n) is 1.86. The Morgan fingerprint density at radius 2 is 2.00 bits per heavy atom. The summed E-state index contributed by atoms with van der Waals surface area (Å²) in [6.07, 6.45) is 1.42. The summed E-state index contributed by atoms with van der Waals surface area (Å²) in [6.45, 7) is 0. The Hall–Kier alpha value is 0.580. The van der Waals surface area contributed by atoms with Gasteiger partial charge in [0.2, 0.25) is 0 Å². The summed E-state index contributed by atoms with van der Waals surface area (Å²) in [5.74, 6) is -0.0705. The summed E-state index contributed by atoms with van der Waals surface area (Å²) in [6, 6.07) is 0. The fourth-order valence-corrected chi connectivity index (χ4v) is 2.10. The van der Waals surface area contributed by atoms with Crippen LogP contribution >= 0.6 is 0 Å². The van der Waals surface area contributed by atoms with E-state index in [1.807, 2.05) is 0 Å². The molecule has 6 heteroatoms. The molecule has 65 valence electrons. The van der Waals surface area contributed by atoms with Crippen molar-refractivity contribution in [3.63, 3.8) is 0 Å². The molecule has 0 aromatic rings. The van der Waals surface area contributed by atoms with Gasteiger partial charge in [0.1, 0.15) is 5.78 Å². The maximum absolute atomic E-state index is 10.7. The quantitative estimate of drug-likeness (QED) is 0.479. The van der Waals surface area contributed by atoms with Crippen LogP contribution in [-0.2, 0) is 14.9 Å². The molecule has 0 saturated heterocycles. The standard InChI is InChI=1S/C6H10O4S.Na/c7-5-2-1-3-6(4-5)11(8,9)10;/h6H,1-4H2,(H,8,9,10);. The Labute approximate surface area is 93.8 Å². The van der Waals surface area contributed by atoms with Crippen molar-refractivity contribution >= 4 is 45.5 Å². The van der Waals surface area contributed by atoms with E-state index in [0.717, 1.165) is 0 Å². The van der Waals surface area contributed by atoms with Crippen LogP contribution in [0.2, 0.25) is 0 Å². The molecular weight excluding hydrogens is 191 g/mol. The second-order valence-corrected chi connectivity index (χ2v) is 4.47. The second-order valence-electron chi connectivity index (χ2n) is 2.77. The zero-order chi connectivity index (χ0) is 8.48. The Bertz CT molecular complexity index is 259. The Morgan fingerprint density at radius 3 is 2.33 bits per heavy atom. The van der Waals surface area contributed by atoms with Crippen molar-refractivity contribution in [2.75, 3.05) is 0 Å². The van der Waals surface area contributed by atoms with Gasteiger partial charge in [-0.15, -0.1) is 0 Å². The van der Waals surface area contributed by atoms with Gasteiger partial charge in [0.25, 0.3) is 10.1 Å². The number of hydrogen-bond acceptors (Lipinski definition) is 3. The summed E-state index contributed by atoms with van der Waals surface area (Å²) in [5, 5.41) is -0.844. The number of rotatable bonds is 1. The van der Waals surface area contributed by atoms with E-state index in [9.17, 15) is 13.2 Å². The minimum Gasteiger partial charge on any atom is -0.300 e. The zero-order valence-corrected chi connectivity index (χ0v) is 9.80. The minimum absolute atomic E-state index is 0. The molecule has 0 aromatic heterocycles. The van der Waals surface area contributed by atoms with Crippen molar-refractivity contribution in [1.82, 2.24) is 0 Å². The molecule has 0 amide bonds. The third-order valence-corrected chi connectivity index (χ3v) is 3.10. The molecule has 1 saturated carbocycles. The van der Waals surface area contributed by atoms with Crippen molar-refractivity contribution in [3.8, 4) is 0 Å². The predicted octanol–water partition coefficient (Wildman–Crippen LogP) is 0.00510. The first-order chi connectivity index (χ1) is 5.00. The molecule has 1 radical (unpaired) electrons. The van der Waals surface area contributed by atoms with E-state index in [0.29, 0.717) is 19.3 Å². The van der Waals surface area contributed by atoms with E-state index >= 15 is 0 Å². The molecule has 4 nitrogen and oxygen atoms in total. The van der Waals surface area contributed by atoms with Gasteiger partial charge >= 0.3 is 0 Å². The van der Waals surface area contributed by atoms with Gasteiger partial charge in [-0.25, -0.2) is 0 Å². The molecule has 1 N–H and O–H groups in total. The Kier molecular flexibility index (Phi) is 4.94. The van der Waals surface area contributed by atoms with E-state index in [1.54, 1.807) is 0 Å². The molecule has 0 aromatic carbocycles. The molecule has 1 aliphatic rings. The molecule has 1 atom stereocenters. The maximum atomic E-state index is 10.7. The smallest absolute Gasteiger partial charge is 0.268 e. The summed E-state index contributed by atoms with van der Waals surface area (Å²) >= 11 is 0. The van der Waals surface area contributed by atoms with Crippen LogP contribution in [-0.4, -0.2) is 53.6 Å². The first-order valence-electron chi connectivity index (χ1n) is 3.48. The van der Waals surface area contributed by atoms with E-state index < -0.39 is 15.4 Å². The molecule has 12 heavy (non-hydrogen) atoms. The molecule has 0 heterocycles. The van der Waals surface area contributed by atoms with Gasteiger partial charge < -0.3 is 0 Å². The van der Waals surface area contributed by atoms with Crippen LogP contribution in [0.4, 0.5) is 0 Å². The topological polar surface area (TPSA) is 71.4 Å². The van der Waals surface area contributed by atoms with Crippen molar-refractivity contribution in [2.45, 2.75) is 30.9 Å². The minimum atomic E-state index is -3.98. The van der Waals surface area contributed by atoms with Crippen LogP contribution < -0.4 is 0 Å². The monoisotopic (exact) mass is 201 g/mol. The SMILES string of the molecule is O=C1CCCC(S(=O)(=O)O)C1.[Na]. The summed E-state index contributed by atoms with van der Waals surface area (Å²) in [4.78, 5) is 10.7. The fraction of sp³-hybridized carbons (Fsp3) is 0.833.